The van der Waals surface area contributed by atoms with Gasteiger partial charge in [0.1, 0.15) is 34.3 Å². The number of ether oxygens (including phenoxy) is 2. The summed E-state index contributed by atoms with van der Waals surface area (Å²) >= 11 is 0. The molecule has 262 valence electrons. The van der Waals surface area contributed by atoms with Crippen LogP contribution in [0.15, 0.2) is 149 Å². The normalized spacial score (nSPS) is 11.4. The van der Waals surface area contributed by atoms with E-state index < -0.39 is 18.7 Å². The number of carbonyl (C=O) groups excluding carboxylic acids is 2. The van der Waals surface area contributed by atoms with Gasteiger partial charge >= 0.3 is 11.6 Å². The molecule has 0 spiro atoms. The highest BCUT2D eigenvalue weighted by molar-refractivity contribution is 7.95. The van der Waals surface area contributed by atoms with Gasteiger partial charge in [-0.3, -0.25) is 9.59 Å². The highest BCUT2D eigenvalue weighted by Gasteiger charge is 2.45. The molecule has 6 aromatic rings. The van der Waals surface area contributed by atoms with Crippen molar-refractivity contribution in [2.24, 2.45) is 0 Å². The monoisotopic (exact) mass is 710 g/mol. The first kappa shape index (κ1) is 36.0. The first-order valence-corrected chi connectivity index (χ1v) is 19.3. The quantitative estimate of drug-likeness (QED) is 0.0285. The Hall–Kier alpha value is -5.78. The Morgan fingerprint density at radius 2 is 1.33 bits per heavy atom. The predicted molar refractivity (Wildman–Crippen MR) is 213 cm³/mol. The van der Waals surface area contributed by atoms with Crippen molar-refractivity contribution in [2.75, 3.05) is 31.3 Å². The van der Waals surface area contributed by atoms with Crippen LogP contribution in [-0.2, 0) is 4.79 Å². The number of fused-ring (bicyclic) bond motifs is 1. The van der Waals surface area contributed by atoms with E-state index in [1.807, 2.05) is 72.8 Å². The molecular weight excluding hydrogens is 669 g/mol. The molecule has 0 aliphatic carbocycles. The van der Waals surface area contributed by atoms with E-state index in [4.69, 9.17) is 13.9 Å². The van der Waals surface area contributed by atoms with Crippen molar-refractivity contribution in [3.63, 3.8) is 0 Å². The van der Waals surface area contributed by atoms with Crippen LogP contribution in [-0.4, -0.2) is 38.1 Å². The molecule has 0 atom stereocenters. The topological polar surface area (TPSA) is 86.0 Å². The van der Waals surface area contributed by atoms with Crippen LogP contribution in [0.2, 0.25) is 0 Å². The summed E-state index contributed by atoms with van der Waals surface area (Å²) in [5.41, 5.74) is 1.25. The number of esters is 1. The van der Waals surface area contributed by atoms with Gasteiger partial charge in [-0.25, -0.2) is 4.79 Å². The lowest BCUT2D eigenvalue weighted by Gasteiger charge is -2.27. The fourth-order valence-electron chi connectivity index (χ4n) is 6.51. The third kappa shape index (κ3) is 7.75. The molecule has 7 nitrogen and oxygen atoms in total. The lowest BCUT2D eigenvalue weighted by atomic mass is 10.1. The van der Waals surface area contributed by atoms with Gasteiger partial charge in [0.05, 0.1) is 19.7 Å². The first-order chi connectivity index (χ1) is 25.4. The summed E-state index contributed by atoms with van der Waals surface area (Å²) in [6, 6.07) is 43.4. The average molecular weight is 711 g/mol. The maximum Gasteiger partial charge on any atom is 0.347 e. The summed E-state index contributed by atoms with van der Waals surface area (Å²) in [5, 5.41) is 4.23. The van der Waals surface area contributed by atoms with E-state index in [0.29, 0.717) is 28.4 Å². The Morgan fingerprint density at radius 1 is 0.731 bits per heavy atom. The molecule has 52 heavy (non-hydrogen) atoms. The second-order valence-electron chi connectivity index (χ2n) is 12.2. The van der Waals surface area contributed by atoms with E-state index in [2.05, 4.69) is 55.1 Å². The third-order valence-electron chi connectivity index (χ3n) is 9.19. The molecule has 0 amide bonds. The fraction of sp³-hybridized carbons (Fsp3) is 0.159. The molecule has 0 unspecified atom stereocenters. The van der Waals surface area contributed by atoms with Gasteiger partial charge in [-0.2, -0.15) is 0 Å². The average Bonchev–Trinajstić information content (AvgIpc) is 3.19. The van der Waals surface area contributed by atoms with Crippen LogP contribution in [0.1, 0.15) is 36.2 Å². The van der Waals surface area contributed by atoms with E-state index in [-0.39, 0.29) is 23.7 Å². The summed E-state index contributed by atoms with van der Waals surface area (Å²) in [5.74, 6) is -0.248. The van der Waals surface area contributed by atoms with Crippen molar-refractivity contribution in [1.82, 2.24) is 0 Å². The lowest BCUT2D eigenvalue weighted by Crippen LogP contribution is -2.34. The summed E-state index contributed by atoms with van der Waals surface area (Å²) in [4.78, 5) is 41.6. The Morgan fingerprint density at radius 3 is 1.88 bits per heavy atom. The largest absolute Gasteiger partial charge is 0.493 e. The van der Waals surface area contributed by atoms with Gasteiger partial charge in [-0.1, -0.05) is 66.7 Å². The Kier molecular flexibility index (Phi) is 11.4. The molecule has 1 aromatic heterocycles. The van der Waals surface area contributed by atoms with E-state index in [9.17, 15) is 14.4 Å². The second-order valence-corrected chi connectivity index (χ2v) is 15.8. The Balaban J connectivity index is 1.19. The van der Waals surface area contributed by atoms with Gasteiger partial charge in [0.2, 0.25) is 0 Å². The van der Waals surface area contributed by atoms with Crippen molar-refractivity contribution in [3.8, 4) is 11.5 Å². The number of nitrogens with zero attached hydrogens (tertiary/aromatic N) is 1. The van der Waals surface area contributed by atoms with Crippen LogP contribution in [0.3, 0.4) is 0 Å². The van der Waals surface area contributed by atoms with Crippen LogP contribution >= 0.6 is 7.26 Å². The van der Waals surface area contributed by atoms with Crippen molar-refractivity contribution >= 4 is 57.7 Å². The van der Waals surface area contributed by atoms with Gasteiger partial charge in [0.25, 0.3) is 0 Å². The van der Waals surface area contributed by atoms with Gasteiger partial charge in [-0.05, 0) is 92.2 Å². The molecule has 5 aromatic carbocycles. The van der Waals surface area contributed by atoms with Crippen LogP contribution in [0.4, 0.5) is 5.69 Å². The zero-order chi connectivity index (χ0) is 36.5. The van der Waals surface area contributed by atoms with Crippen molar-refractivity contribution < 1.29 is 23.5 Å². The van der Waals surface area contributed by atoms with E-state index in [0.717, 1.165) is 18.8 Å². The molecule has 0 radical (unpaired) electrons. The smallest absolute Gasteiger partial charge is 0.347 e. The molecule has 0 N–H and O–H groups in total. The van der Waals surface area contributed by atoms with Crippen LogP contribution in [0, 0.1) is 0 Å². The molecule has 0 fully saturated rings. The third-order valence-corrected chi connectivity index (χ3v) is 13.6. The minimum Gasteiger partial charge on any atom is -0.493 e. The predicted octanol–water partition coefficient (Wildman–Crippen LogP) is 7.83. The molecule has 6 rings (SSSR count). The lowest BCUT2D eigenvalue weighted by molar-refractivity contribution is -0.134. The maximum atomic E-state index is 13.5. The summed E-state index contributed by atoms with van der Waals surface area (Å²) in [6.07, 6.45) is 3.66. The highest BCUT2D eigenvalue weighted by atomic mass is 31.2. The summed E-state index contributed by atoms with van der Waals surface area (Å²) in [7, 11) is -0.719. The minimum atomic E-state index is -2.21. The van der Waals surface area contributed by atoms with Crippen LogP contribution in [0.25, 0.3) is 17.0 Å². The van der Waals surface area contributed by atoms with Gasteiger partial charge in [0.15, 0.2) is 17.3 Å². The number of rotatable bonds is 14. The molecule has 8 heteroatoms. The van der Waals surface area contributed by atoms with E-state index >= 15 is 0 Å². The number of carbonyl (C=O) groups is 2. The van der Waals surface area contributed by atoms with E-state index in [1.54, 1.807) is 30.3 Å². The highest BCUT2D eigenvalue weighted by Crippen LogP contribution is 2.55. The molecule has 0 saturated carbocycles. The zero-order valence-corrected chi connectivity index (χ0v) is 30.4. The summed E-state index contributed by atoms with van der Waals surface area (Å²) in [6.45, 7) is 5.76. The number of hydrogen-bond donors (Lipinski definition) is 0. The maximum absolute atomic E-state index is 13.5. The fourth-order valence-corrected chi connectivity index (χ4v) is 10.7. The molecule has 0 aliphatic rings. The summed E-state index contributed by atoms with van der Waals surface area (Å²) < 4.78 is 17.0. The number of methoxy groups -OCH3 is 1. The minimum absolute atomic E-state index is 0.0581. The first-order valence-electron chi connectivity index (χ1n) is 17.3. The second kappa shape index (κ2) is 16.5. The van der Waals surface area contributed by atoms with Crippen molar-refractivity contribution in [1.29, 1.82) is 0 Å². The van der Waals surface area contributed by atoms with Crippen molar-refractivity contribution in [3.05, 3.63) is 161 Å². The number of hydrogen-bond acceptors (Lipinski definition) is 7. The molecule has 1 heterocycles. The molecule has 0 saturated heterocycles. The Bertz CT molecular complexity index is 2150. The molecule has 0 aliphatic heterocycles. The number of allylic oxidation sites excluding steroid dienone is 1. The standard InChI is InChI=1S/C44H41NO6P/c1-4-45(5-2)34-24-23-33-30-38(44(48)51-41(33)31-34)39(46)25-21-32-22-26-40(42(29-32)49-3)50-43(47)27-28-52(35-15-9-6-10-16-35,36-17-11-7-12-18-36)37-19-13-8-14-20-37/h6-26,29-31H,4-5,27-28H2,1-3H3/q+1. The number of ketones is 1. The van der Waals surface area contributed by atoms with Gasteiger partial charge in [0, 0.05) is 30.2 Å². The van der Waals surface area contributed by atoms with Crippen LogP contribution in [0.5, 0.6) is 11.5 Å². The number of benzene rings is 5. The zero-order valence-electron chi connectivity index (χ0n) is 29.5. The number of anilines is 1. The van der Waals surface area contributed by atoms with Gasteiger partial charge < -0.3 is 18.8 Å². The Labute approximate surface area is 304 Å². The van der Waals surface area contributed by atoms with E-state index in [1.165, 1.54) is 29.1 Å². The van der Waals surface area contributed by atoms with Crippen LogP contribution < -0.4 is 35.9 Å². The SMILES string of the molecule is CCN(CC)c1ccc2cc(C(=O)C=Cc3ccc(OC(=O)CC[P+](c4ccccc4)(c4ccccc4)c4ccccc4)c(OC)c3)c(=O)oc2c1. The van der Waals surface area contributed by atoms with Crippen molar-refractivity contribution in [2.45, 2.75) is 20.3 Å². The molecule has 0 bridgehead atoms. The molecular formula is C44H41NO6P+. The van der Waals surface area contributed by atoms with Gasteiger partial charge in [-0.15, -0.1) is 0 Å².